The summed E-state index contributed by atoms with van der Waals surface area (Å²) in [4.78, 5) is 12.4. The molecule has 0 aliphatic heterocycles. The molecule has 4 heteroatoms. The maximum absolute atomic E-state index is 12.4. The first-order valence-electron chi connectivity index (χ1n) is 10.8. The van der Waals surface area contributed by atoms with Gasteiger partial charge in [0, 0.05) is 22.3 Å². The van der Waals surface area contributed by atoms with Gasteiger partial charge >= 0.3 is 0 Å². The van der Waals surface area contributed by atoms with Crippen molar-refractivity contribution in [3.8, 4) is 5.75 Å². The van der Waals surface area contributed by atoms with Crippen molar-refractivity contribution in [2.45, 2.75) is 77.6 Å². The van der Waals surface area contributed by atoms with Crippen LogP contribution >= 0.6 is 11.6 Å². The lowest BCUT2D eigenvalue weighted by Crippen LogP contribution is -2.24. The molecule has 0 radical (unpaired) electrons. The Balaban J connectivity index is 1.63. The molecular formula is C24H34ClNO2. The van der Waals surface area contributed by atoms with E-state index in [1.807, 2.05) is 18.2 Å². The van der Waals surface area contributed by atoms with Crippen LogP contribution in [0.2, 0.25) is 5.02 Å². The van der Waals surface area contributed by atoms with E-state index in [1.54, 1.807) is 12.1 Å². The molecule has 154 valence electrons. The van der Waals surface area contributed by atoms with Crippen LogP contribution in [0.25, 0.3) is 10.8 Å². The van der Waals surface area contributed by atoms with Gasteiger partial charge < -0.3 is 10.4 Å². The molecule has 0 atom stereocenters. The van der Waals surface area contributed by atoms with Gasteiger partial charge in [0.15, 0.2) is 0 Å². The highest BCUT2D eigenvalue weighted by molar-refractivity contribution is 6.36. The fourth-order valence-corrected chi connectivity index (χ4v) is 3.85. The van der Waals surface area contributed by atoms with E-state index in [4.69, 9.17) is 11.6 Å². The fourth-order valence-electron chi connectivity index (χ4n) is 3.58. The van der Waals surface area contributed by atoms with Crippen molar-refractivity contribution in [2.75, 3.05) is 6.54 Å². The van der Waals surface area contributed by atoms with Crippen molar-refractivity contribution in [3.63, 3.8) is 0 Å². The second-order valence-electron chi connectivity index (χ2n) is 7.59. The molecule has 2 rings (SSSR count). The molecule has 0 saturated carbocycles. The number of rotatable bonds is 13. The zero-order valence-electron chi connectivity index (χ0n) is 17.1. The van der Waals surface area contributed by atoms with E-state index in [0.29, 0.717) is 17.0 Å². The number of phenols is 1. The highest BCUT2D eigenvalue weighted by atomic mass is 35.5. The van der Waals surface area contributed by atoms with Gasteiger partial charge in [0.05, 0.1) is 5.56 Å². The lowest BCUT2D eigenvalue weighted by atomic mass is 10.0. The van der Waals surface area contributed by atoms with Crippen LogP contribution < -0.4 is 5.32 Å². The van der Waals surface area contributed by atoms with Crippen LogP contribution in [-0.2, 0) is 0 Å². The third kappa shape index (κ3) is 7.01. The Kier molecular flexibility index (Phi) is 10.2. The smallest absolute Gasteiger partial charge is 0.255 e. The summed E-state index contributed by atoms with van der Waals surface area (Å²) in [5.74, 6) is -0.270. The molecule has 2 aromatic rings. The minimum absolute atomic E-state index is 0.00330. The molecular weight excluding hydrogens is 370 g/mol. The summed E-state index contributed by atoms with van der Waals surface area (Å²) < 4.78 is 0. The van der Waals surface area contributed by atoms with E-state index in [1.165, 1.54) is 57.8 Å². The van der Waals surface area contributed by atoms with Gasteiger partial charge in [-0.25, -0.2) is 0 Å². The first kappa shape index (κ1) is 22.5. The van der Waals surface area contributed by atoms with Crippen molar-refractivity contribution >= 4 is 28.3 Å². The van der Waals surface area contributed by atoms with Gasteiger partial charge in [-0.15, -0.1) is 0 Å². The van der Waals surface area contributed by atoms with Gasteiger partial charge in [-0.2, -0.15) is 0 Å². The summed E-state index contributed by atoms with van der Waals surface area (Å²) in [7, 11) is 0. The fraction of sp³-hybridized carbons (Fsp3) is 0.542. The SMILES string of the molecule is CCCCCCCCCCCCCNC(=O)c1cc(Cl)c2ccccc2c1O. The van der Waals surface area contributed by atoms with Gasteiger partial charge in [0.25, 0.3) is 5.91 Å². The van der Waals surface area contributed by atoms with Crippen LogP contribution in [0.5, 0.6) is 5.75 Å². The van der Waals surface area contributed by atoms with Crippen molar-refractivity contribution in [1.82, 2.24) is 5.32 Å². The minimum atomic E-state index is -0.266. The van der Waals surface area contributed by atoms with Crippen molar-refractivity contribution in [1.29, 1.82) is 0 Å². The Bertz CT molecular complexity index is 745. The predicted octanol–water partition coefficient (Wildman–Crippen LogP) is 7.24. The molecule has 0 heterocycles. The van der Waals surface area contributed by atoms with Crippen LogP contribution in [0.15, 0.2) is 30.3 Å². The zero-order valence-corrected chi connectivity index (χ0v) is 17.9. The Hall–Kier alpha value is -1.74. The number of carbonyl (C=O) groups excluding carboxylic acids is 1. The molecule has 2 N–H and O–H groups in total. The highest BCUT2D eigenvalue weighted by Gasteiger charge is 2.15. The summed E-state index contributed by atoms with van der Waals surface area (Å²) in [5, 5.41) is 15.2. The van der Waals surface area contributed by atoms with Gasteiger partial charge in [-0.3, -0.25) is 4.79 Å². The molecule has 3 nitrogen and oxygen atoms in total. The standard InChI is InChI=1S/C24H34ClNO2/c1-2-3-4-5-6-7-8-9-10-11-14-17-26-24(28)21-18-22(25)19-15-12-13-16-20(19)23(21)27/h12-13,15-16,18,27H,2-11,14,17H2,1H3,(H,26,28). The Morgan fingerprint density at radius 3 is 2.04 bits per heavy atom. The summed E-state index contributed by atoms with van der Waals surface area (Å²) in [6.07, 6.45) is 14.1. The van der Waals surface area contributed by atoms with Crippen LogP contribution in [0, 0.1) is 0 Å². The number of aromatic hydroxyl groups is 1. The quantitative estimate of drug-likeness (QED) is 0.346. The van der Waals surface area contributed by atoms with Crippen LogP contribution in [0.1, 0.15) is 87.9 Å². The maximum atomic E-state index is 12.4. The lowest BCUT2D eigenvalue weighted by Gasteiger charge is -2.10. The van der Waals surface area contributed by atoms with E-state index in [0.717, 1.165) is 18.2 Å². The largest absolute Gasteiger partial charge is 0.506 e. The number of unbranched alkanes of at least 4 members (excludes halogenated alkanes) is 10. The normalized spacial score (nSPS) is 11.1. The number of nitrogens with one attached hydrogen (secondary N) is 1. The van der Waals surface area contributed by atoms with Gasteiger partial charge in [0.1, 0.15) is 5.75 Å². The monoisotopic (exact) mass is 403 g/mol. The second kappa shape index (κ2) is 12.7. The summed E-state index contributed by atoms with van der Waals surface area (Å²) in [6.45, 7) is 2.88. The number of fused-ring (bicyclic) bond motifs is 1. The summed E-state index contributed by atoms with van der Waals surface area (Å²) in [5.41, 5.74) is 0.242. The first-order valence-corrected chi connectivity index (χ1v) is 11.2. The molecule has 0 aromatic heterocycles. The summed E-state index contributed by atoms with van der Waals surface area (Å²) >= 11 is 6.27. The topological polar surface area (TPSA) is 49.3 Å². The molecule has 2 aromatic carbocycles. The molecule has 0 fully saturated rings. The predicted molar refractivity (Wildman–Crippen MR) is 119 cm³/mol. The van der Waals surface area contributed by atoms with Crippen molar-refractivity contribution in [3.05, 3.63) is 40.9 Å². The lowest BCUT2D eigenvalue weighted by molar-refractivity contribution is 0.0950. The number of phenolic OH excluding ortho intramolecular Hbond substituents is 1. The third-order valence-electron chi connectivity index (χ3n) is 5.28. The number of benzene rings is 2. The van der Waals surface area contributed by atoms with E-state index >= 15 is 0 Å². The number of carbonyl (C=O) groups is 1. The van der Waals surface area contributed by atoms with Gasteiger partial charge in [0.2, 0.25) is 0 Å². The van der Waals surface area contributed by atoms with E-state index in [2.05, 4.69) is 12.2 Å². The van der Waals surface area contributed by atoms with E-state index in [-0.39, 0.29) is 17.2 Å². The average molecular weight is 404 g/mol. The maximum Gasteiger partial charge on any atom is 0.255 e. The molecule has 0 aliphatic carbocycles. The molecule has 0 spiro atoms. The zero-order chi connectivity index (χ0) is 20.2. The van der Waals surface area contributed by atoms with E-state index < -0.39 is 0 Å². The first-order chi connectivity index (χ1) is 13.6. The molecule has 0 unspecified atom stereocenters. The molecule has 0 aliphatic rings. The second-order valence-corrected chi connectivity index (χ2v) is 8.00. The number of hydrogen-bond acceptors (Lipinski definition) is 2. The number of halogens is 1. The highest BCUT2D eigenvalue weighted by Crippen LogP contribution is 2.34. The Morgan fingerprint density at radius 1 is 0.893 bits per heavy atom. The van der Waals surface area contributed by atoms with Crippen molar-refractivity contribution in [2.24, 2.45) is 0 Å². The van der Waals surface area contributed by atoms with Gasteiger partial charge in [-0.05, 0) is 12.5 Å². The van der Waals surface area contributed by atoms with Gasteiger partial charge in [-0.1, -0.05) is 107 Å². The molecule has 1 amide bonds. The average Bonchev–Trinajstić information content (AvgIpc) is 2.71. The Labute approximate surface area is 174 Å². The number of amides is 1. The van der Waals surface area contributed by atoms with Crippen LogP contribution in [0.4, 0.5) is 0 Å². The number of hydrogen-bond donors (Lipinski definition) is 2. The minimum Gasteiger partial charge on any atom is -0.506 e. The Morgan fingerprint density at radius 2 is 1.43 bits per heavy atom. The third-order valence-corrected chi connectivity index (χ3v) is 5.59. The molecule has 28 heavy (non-hydrogen) atoms. The van der Waals surface area contributed by atoms with Crippen LogP contribution in [-0.4, -0.2) is 17.6 Å². The molecule has 0 saturated heterocycles. The molecule has 0 bridgehead atoms. The van der Waals surface area contributed by atoms with Crippen LogP contribution in [0.3, 0.4) is 0 Å². The summed E-state index contributed by atoms with van der Waals surface area (Å²) in [6, 6.07) is 8.85. The van der Waals surface area contributed by atoms with Crippen molar-refractivity contribution < 1.29 is 9.90 Å². The van der Waals surface area contributed by atoms with E-state index in [9.17, 15) is 9.90 Å².